The summed E-state index contributed by atoms with van der Waals surface area (Å²) in [6.45, 7) is 6.05. The first-order valence-corrected chi connectivity index (χ1v) is 6.16. The Kier molecular flexibility index (Phi) is 4.20. The highest BCUT2D eigenvalue weighted by Crippen LogP contribution is 2.11. The van der Waals surface area contributed by atoms with Crippen molar-refractivity contribution in [2.75, 3.05) is 59.5 Å². The van der Waals surface area contributed by atoms with Crippen molar-refractivity contribution in [3.05, 3.63) is 0 Å². The fourth-order valence-corrected chi connectivity index (χ4v) is 2.24. The second-order valence-corrected chi connectivity index (χ2v) is 4.75. The quantitative estimate of drug-likeness (QED) is 0.690. The Hall–Kier alpha value is -0.850. The van der Waals surface area contributed by atoms with Crippen LogP contribution in [0.3, 0.4) is 0 Å². The van der Waals surface area contributed by atoms with E-state index in [1.807, 2.05) is 0 Å². The van der Waals surface area contributed by atoms with E-state index in [9.17, 15) is 4.79 Å². The number of aliphatic hydroxyl groups is 1. The number of nitrogens with zero attached hydrogens (tertiary/aromatic N) is 3. The third-order valence-electron chi connectivity index (χ3n) is 3.54. The zero-order valence-electron chi connectivity index (χ0n) is 10.3. The van der Waals surface area contributed by atoms with Crippen molar-refractivity contribution >= 4 is 6.09 Å². The van der Waals surface area contributed by atoms with Crippen LogP contribution < -0.4 is 0 Å². The number of rotatable bonds is 4. The highest BCUT2D eigenvalue weighted by Gasteiger charge is 2.32. The Morgan fingerprint density at radius 2 is 2.00 bits per heavy atom. The Bertz CT molecular complexity index is 267. The lowest BCUT2D eigenvalue weighted by Crippen LogP contribution is -2.48. The molecule has 2 fully saturated rings. The minimum Gasteiger partial charge on any atom is -0.447 e. The molecule has 17 heavy (non-hydrogen) atoms. The summed E-state index contributed by atoms with van der Waals surface area (Å²) in [4.78, 5) is 17.7. The first kappa shape index (κ1) is 12.6. The number of carbonyl (C=O) groups is 1. The van der Waals surface area contributed by atoms with Gasteiger partial charge in [0.05, 0.1) is 12.6 Å². The topological polar surface area (TPSA) is 56.2 Å². The maximum Gasteiger partial charge on any atom is 0.410 e. The van der Waals surface area contributed by atoms with Gasteiger partial charge in [-0.1, -0.05) is 0 Å². The van der Waals surface area contributed by atoms with Crippen molar-refractivity contribution in [3.8, 4) is 0 Å². The smallest absolute Gasteiger partial charge is 0.410 e. The first-order chi connectivity index (χ1) is 8.20. The predicted molar refractivity (Wildman–Crippen MR) is 62.9 cm³/mol. The average molecular weight is 243 g/mol. The number of aliphatic hydroxyl groups excluding tert-OH is 1. The molecule has 0 aromatic heterocycles. The van der Waals surface area contributed by atoms with Gasteiger partial charge in [-0.05, 0) is 7.05 Å². The maximum absolute atomic E-state index is 11.4. The van der Waals surface area contributed by atoms with E-state index in [1.54, 1.807) is 4.90 Å². The fourth-order valence-electron chi connectivity index (χ4n) is 2.24. The molecule has 0 aromatic carbocycles. The van der Waals surface area contributed by atoms with Gasteiger partial charge in [-0.3, -0.25) is 9.80 Å². The van der Waals surface area contributed by atoms with E-state index in [0.717, 1.165) is 32.7 Å². The number of piperazine rings is 1. The molecule has 2 aliphatic rings. The summed E-state index contributed by atoms with van der Waals surface area (Å²) in [5, 5.41) is 9.13. The van der Waals surface area contributed by atoms with Gasteiger partial charge in [0.15, 0.2) is 0 Å². The molecule has 6 nitrogen and oxygen atoms in total. The van der Waals surface area contributed by atoms with Gasteiger partial charge < -0.3 is 14.7 Å². The molecule has 0 bridgehead atoms. The molecule has 2 saturated heterocycles. The molecule has 2 rings (SSSR count). The summed E-state index contributed by atoms with van der Waals surface area (Å²) < 4.78 is 4.93. The molecule has 98 valence electrons. The summed E-state index contributed by atoms with van der Waals surface area (Å²) in [5.74, 6) is 0. The second-order valence-electron chi connectivity index (χ2n) is 4.75. The van der Waals surface area contributed by atoms with Crippen LogP contribution in [0.25, 0.3) is 0 Å². The summed E-state index contributed by atoms with van der Waals surface area (Å²) in [6, 6.07) is -0.157. The van der Waals surface area contributed by atoms with Crippen molar-refractivity contribution in [3.63, 3.8) is 0 Å². The van der Waals surface area contributed by atoms with Crippen molar-refractivity contribution in [2.24, 2.45) is 0 Å². The van der Waals surface area contributed by atoms with Gasteiger partial charge in [-0.25, -0.2) is 4.79 Å². The molecular weight excluding hydrogens is 222 g/mol. The van der Waals surface area contributed by atoms with E-state index < -0.39 is 0 Å². The summed E-state index contributed by atoms with van der Waals surface area (Å²) >= 11 is 0. The zero-order valence-corrected chi connectivity index (χ0v) is 10.3. The SMILES string of the molecule is CN1CCN(CCN2C(=O)OCC2CO)CC1. The van der Waals surface area contributed by atoms with Crippen molar-refractivity contribution in [1.82, 2.24) is 14.7 Å². The van der Waals surface area contributed by atoms with Gasteiger partial charge in [0.1, 0.15) is 6.61 Å². The minimum absolute atomic E-state index is 0.0194. The second kappa shape index (κ2) is 5.66. The van der Waals surface area contributed by atoms with Gasteiger partial charge in [-0.15, -0.1) is 0 Å². The van der Waals surface area contributed by atoms with Crippen molar-refractivity contribution < 1.29 is 14.6 Å². The minimum atomic E-state index is -0.293. The van der Waals surface area contributed by atoms with E-state index in [1.165, 1.54) is 0 Å². The number of hydrogen-bond donors (Lipinski definition) is 1. The van der Waals surface area contributed by atoms with Crippen LogP contribution in [-0.4, -0.2) is 91.5 Å². The van der Waals surface area contributed by atoms with Crippen LogP contribution in [0.5, 0.6) is 0 Å². The van der Waals surface area contributed by atoms with Crippen LogP contribution in [-0.2, 0) is 4.74 Å². The normalized spacial score (nSPS) is 27.5. The van der Waals surface area contributed by atoms with Crippen molar-refractivity contribution in [1.29, 1.82) is 0 Å². The lowest BCUT2D eigenvalue weighted by molar-refractivity contribution is 0.121. The van der Waals surface area contributed by atoms with Crippen LogP contribution in [0.4, 0.5) is 4.79 Å². The number of cyclic esters (lactones) is 1. The maximum atomic E-state index is 11.4. The lowest BCUT2D eigenvalue weighted by atomic mass is 10.3. The first-order valence-electron chi connectivity index (χ1n) is 6.16. The molecular formula is C11H21N3O3. The molecule has 2 aliphatic heterocycles. The molecule has 0 saturated carbocycles. The molecule has 0 radical (unpaired) electrons. The molecule has 2 heterocycles. The van der Waals surface area contributed by atoms with Crippen LogP contribution in [0.1, 0.15) is 0 Å². The molecule has 1 N–H and O–H groups in total. The zero-order chi connectivity index (χ0) is 12.3. The predicted octanol–water partition coefficient (Wildman–Crippen LogP) is -0.953. The van der Waals surface area contributed by atoms with Gasteiger partial charge in [0.2, 0.25) is 0 Å². The van der Waals surface area contributed by atoms with E-state index in [4.69, 9.17) is 9.84 Å². The van der Waals surface area contributed by atoms with E-state index in [0.29, 0.717) is 13.2 Å². The molecule has 0 aliphatic carbocycles. The Morgan fingerprint density at radius 1 is 1.29 bits per heavy atom. The van der Waals surface area contributed by atoms with Gasteiger partial charge in [0.25, 0.3) is 0 Å². The Labute approximate surface area is 102 Å². The molecule has 1 unspecified atom stereocenters. The Balaban J connectivity index is 1.75. The standard InChI is InChI=1S/C11H21N3O3/c1-12-2-4-13(5-3-12)6-7-14-10(8-15)9-17-11(14)16/h10,15H,2-9H2,1H3. The molecule has 0 aromatic rings. The van der Waals surface area contributed by atoms with E-state index in [2.05, 4.69) is 16.8 Å². The Morgan fingerprint density at radius 3 is 2.65 bits per heavy atom. The molecule has 1 atom stereocenters. The largest absolute Gasteiger partial charge is 0.447 e. The highest BCUT2D eigenvalue weighted by atomic mass is 16.6. The summed E-state index contributed by atoms with van der Waals surface area (Å²) in [7, 11) is 2.12. The molecule has 1 amide bonds. The molecule has 6 heteroatoms. The fraction of sp³-hybridized carbons (Fsp3) is 0.909. The summed E-state index contributed by atoms with van der Waals surface area (Å²) in [5.41, 5.74) is 0. The lowest BCUT2D eigenvalue weighted by Gasteiger charge is -2.33. The number of ether oxygens (including phenoxy) is 1. The number of amides is 1. The number of hydrogen-bond acceptors (Lipinski definition) is 5. The molecule has 0 spiro atoms. The van der Waals surface area contributed by atoms with E-state index >= 15 is 0 Å². The highest BCUT2D eigenvalue weighted by molar-refractivity contribution is 5.70. The van der Waals surface area contributed by atoms with Gasteiger partial charge >= 0.3 is 6.09 Å². The average Bonchev–Trinajstić information content (AvgIpc) is 2.69. The van der Waals surface area contributed by atoms with Crippen LogP contribution >= 0.6 is 0 Å². The van der Waals surface area contributed by atoms with Crippen LogP contribution in [0.15, 0.2) is 0 Å². The van der Waals surface area contributed by atoms with Gasteiger partial charge in [-0.2, -0.15) is 0 Å². The third kappa shape index (κ3) is 3.08. The number of likely N-dealkylation sites (N-methyl/N-ethyl adjacent to an activating group) is 1. The third-order valence-corrected chi connectivity index (χ3v) is 3.54. The number of carbonyl (C=O) groups excluding carboxylic acids is 1. The van der Waals surface area contributed by atoms with E-state index in [-0.39, 0.29) is 18.7 Å². The van der Waals surface area contributed by atoms with Crippen molar-refractivity contribution in [2.45, 2.75) is 6.04 Å². The van der Waals surface area contributed by atoms with Gasteiger partial charge in [0, 0.05) is 39.3 Å². The van der Waals surface area contributed by atoms with Crippen LogP contribution in [0, 0.1) is 0 Å². The monoisotopic (exact) mass is 243 g/mol. The van der Waals surface area contributed by atoms with Crippen LogP contribution in [0.2, 0.25) is 0 Å². The summed E-state index contributed by atoms with van der Waals surface area (Å²) in [6.07, 6.45) is -0.293.